The summed E-state index contributed by atoms with van der Waals surface area (Å²) < 4.78 is 37.6. The van der Waals surface area contributed by atoms with E-state index in [1.54, 1.807) is 26.8 Å². The number of carbonyl (C=O) groups excluding carboxylic acids is 1. The van der Waals surface area contributed by atoms with Crippen molar-refractivity contribution in [2.75, 3.05) is 18.5 Å². The Labute approximate surface area is 191 Å². The second-order valence-corrected chi connectivity index (χ2v) is 8.42. The van der Waals surface area contributed by atoms with Gasteiger partial charge in [-0.05, 0) is 39.7 Å². The van der Waals surface area contributed by atoms with Crippen LogP contribution in [0.1, 0.15) is 51.1 Å². The number of anilines is 1. The van der Waals surface area contributed by atoms with Crippen LogP contribution in [0, 0.1) is 5.82 Å². The van der Waals surface area contributed by atoms with Gasteiger partial charge in [0.15, 0.2) is 5.82 Å². The molecule has 1 aromatic carbocycles. The average Bonchev–Trinajstić information content (AvgIpc) is 3.43. The number of H-pyrrole nitrogens is 1. The fourth-order valence-electron chi connectivity index (χ4n) is 3.75. The lowest BCUT2D eigenvalue weighted by atomic mass is 9.98. The number of hydrogen-bond acceptors (Lipinski definition) is 7. The number of ether oxygens (including phenoxy) is 1. The van der Waals surface area contributed by atoms with Crippen molar-refractivity contribution >= 4 is 31.7 Å². The topological polar surface area (TPSA) is 131 Å². The Balaban J connectivity index is 1.79. The highest BCUT2D eigenvalue weighted by molar-refractivity contribution is 7.17. The molecule has 1 saturated heterocycles. The molecule has 33 heavy (non-hydrogen) atoms. The lowest BCUT2D eigenvalue weighted by Gasteiger charge is -2.19. The van der Waals surface area contributed by atoms with Gasteiger partial charge in [0, 0.05) is 42.2 Å². The van der Waals surface area contributed by atoms with Crippen LogP contribution in [0.2, 0.25) is 0 Å². The number of amides is 2. The lowest BCUT2D eigenvalue weighted by Crippen LogP contribution is -2.28. The number of urea groups is 1. The first-order valence-electron chi connectivity index (χ1n) is 10.6. The Morgan fingerprint density at radius 3 is 2.79 bits per heavy atom. The number of fused-ring (bicyclic) bond motifs is 1. The van der Waals surface area contributed by atoms with Gasteiger partial charge in [0.1, 0.15) is 11.4 Å². The summed E-state index contributed by atoms with van der Waals surface area (Å²) >= 11 is 0. The molecule has 1 aliphatic rings. The highest BCUT2D eigenvalue weighted by Crippen LogP contribution is 2.39. The summed E-state index contributed by atoms with van der Waals surface area (Å²) in [5.74, 6) is 0.0369. The molecule has 3 N–H and O–H groups in total. The molecule has 4 rings (SSSR count). The molecule has 2 aromatic heterocycles. The first kappa shape index (κ1) is 23.2. The van der Waals surface area contributed by atoms with Gasteiger partial charge in [-0.3, -0.25) is 9.84 Å². The predicted octanol–water partition coefficient (Wildman–Crippen LogP) is 4.61. The van der Waals surface area contributed by atoms with Crippen molar-refractivity contribution in [3.63, 3.8) is 0 Å². The number of hydrogen-bond donors (Lipinski definition) is 3. The monoisotopic (exact) mass is 474 g/mol. The second kappa shape index (κ2) is 9.46. The van der Waals surface area contributed by atoms with Crippen LogP contribution in [0.4, 0.5) is 15.1 Å². The van der Waals surface area contributed by atoms with Crippen molar-refractivity contribution in [3.05, 3.63) is 35.7 Å². The summed E-state index contributed by atoms with van der Waals surface area (Å²) in [6.07, 6.45) is 4.01. The predicted molar refractivity (Wildman–Crippen MR) is 119 cm³/mol. The van der Waals surface area contributed by atoms with Crippen molar-refractivity contribution in [3.8, 4) is 11.1 Å². The summed E-state index contributed by atoms with van der Waals surface area (Å²) in [6.45, 7) is 6.16. The van der Waals surface area contributed by atoms with Crippen LogP contribution < -0.4 is 10.6 Å². The van der Waals surface area contributed by atoms with Gasteiger partial charge in [0.05, 0.1) is 17.1 Å². The van der Waals surface area contributed by atoms with Crippen LogP contribution in [0.5, 0.6) is 0 Å². The van der Waals surface area contributed by atoms with Crippen LogP contribution in [-0.2, 0) is 19.4 Å². The molecular weight excluding hydrogens is 450 g/mol. The molecule has 0 saturated carbocycles. The van der Waals surface area contributed by atoms with E-state index in [9.17, 15) is 9.36 Å². The molecule has 0 radical (unpaired) electrons. The summed E-state index contributed by atoms with van der Waals surface area (Å²) in [5.41, 5.74) is 1.02. The van der Waals surface area contributed by atoms with E-state index in [1.165, 1.54) is 12.4 Å². The molecule has 0 bridgehead atoms. The van der Waals surface area contributed by atoms with E-state index < -0.39 is 32.2 Å². The third kappa shape index (κ3) is 4.71. The van der Waals surface area contributed by atoms with Crippen LogP contribution in [0.3, 0.4) is 0 Å². The number of benzene rings is 1. The molecule has 10 nitrogen and oxygen atoms in total. The molecule has 0 spiro atoms. The zero-order valence-corrected chi connectivity index (χ0v) is 19.3. The van der Waals surface area contributed by atoms with Crippen LogP contribution in [0.15, 0.2) is 18.5 Å². The normalized spacial score (nSPS) is 16.4. The van der Waals surface area contributed by atoms with Crippen molar-refractivity contribution in [1.29, 1.82) is 0 Å². The highest BCUT2D eigenvalue weighted by Gasteiger charge is 2.29. The van der Waals surface area contributed by atoms with Crippen molar-refractivity contribution in [2.45, 2.75) is 45.3 Å². The average molecular weight is 474 g/mol. The molecule has 1 fully saturated rings. The van der Waals surface area contributed by atoms with E-state index in [-0.39, 0.29) is 11.5 Å². The number of nitrogens with one attached hydrogen (secondary N) is 3. The Morgan fingerprint density at radius 1 is 1.39 bits per heavy atom. The summed E-state index contributed by atoms with van der Waals surface area (Å²) in [5, 5.41) is 5.25. The minimum atomic E-state index is -0.976. The minimum Gasteiger partial charge on any atom is -0.373 e. The largest absolute Gasteiger partial charge is 0.373 e. The Hall–Kier alpha value is -3.01. The van der Waals surface area contributed by atoms with Crippen molar-refractivity contribution in [2.24, 2.45) is 0 Å². The van der Waals surface area contributed by atoms with Crippen LogP contribution >= 0.6 is 8.69 Å². The molecular formula is C21H24FN6O4P. The molecule has 174 valence electrons. The zero-order chi connectivity index (χ0) is 23.6. The maximum absolute atomic E-state index is 15.8. The van der Waals surface area contributed by atoms with E-state index in [1.807, 2.05) is 0 Å². The van der Waals surface area contributed by atoms with Crippen LogP contribution in [-0.4, -0.2) is 39.1 Å². The number of rotatable bonds is 7. The highest BCUT2D eigenvalue weighted by atomic mass is 31.1. The van der Waals surface area contributed by atoms with Gasteiger partial charge < -0.3 is 15.0 Å². The van der Waals surface area contributed by atoms with Gasteiger partial charge in [-0.2, -0.15) is 0 Å². The van der Waals surface area contributed by atoms with Gasteiger partial charge >= 0.3 is 14.7 Å². The second-order valence-electron chi connectivity index (χ2n) is 8.09. The molecule has 3 heterocycles. The van der Waals surface area contributed by atoms with E-state index in [4.69, 9.17) is 9.26 Å². The zero-order valence-electron chi connectivity index (χ0n) is 18.4. The molecule has 1 aliphatic heterocycles. The minimum absolute atomic E-state index is 0.203. The molecule has 2 amide bonds. The maximum Gasteiger partial charge on any atom is 0.328 e. The lowest BCUT2D eigenvalue weighted by molar-refractivity contribution is 0.110. The number of aromatic nitrogens is 4. The van der Waals surface area contributed by atoms with Gasteiger partial charge in [-0.15, -0.1) is 0 Å². The third-order valence-electron chi connectivity index (χ3n) is 5.34. The molecule has 0 aliphatic carbocycles. The standard InChI is InChI=1S/C21H24FN6O4P/c1-4-23-20(29)28-19-26-13-8-12(11-9-24-18(25-10-11)21(2,3)32-33-30)16(22)15(17(13)27-19)14-6-5-7-31-14/h8-10,14H,4-7H2,1-3H3,(H3,23,26,27,28,29)/t14-/m1/s1. The maximum atomic E-state index is 15.8. The Morgan fingerprint density at radius 2 is 2.15 bits per heavy atom. The number of halogens is 1. The third-order valence-corrected chi connectivity index (χ3v) is 5.87. The van der Waals surface area contributed by atoms with E-state index in [0.717, 1.165) is 6.42 Å². The number of aromatic amines is 1. The first-order chi connectivity index (χ1) is 15.8. The molecule has 3 aromatic rings. The molecule has 0 unspecified atom stereocenters. The van der Waals surface area contributed by atoms with E-state index in [0.29, 0.717) is 47.6 Å². The quantitative estimate of drug-likeness (QED) is 0.426. The number of carbonyl (C=O) groups is 1. The number of imidazole rings is 1. The van der Waals surface area contributed by atoms with Gasteiger partial charge in [0.25, 0.3) is 0 Å². The fraction of sp³-hybridized carbons (Fsp3) is 0.429. The number of nitrogens with zero attached hydrogens (tertiary/aromatic N) is 3. The fourth-order valence-corrected chi connectivity index (χ4v) is 4.01. The Kier molecular flexibility index (Phi) is 6.64. The summed E-state index contributed by atoms with van der Waals surface area (Å²) in [4.78, 5) is 28.0. The van der Waals surface area contributed by atoms with Gasteiger partial charge in [0.2, 0.25) is 5.95 Å². The van der Waals surface area contributed by atoms with E-state index in [2.05, 4.69) is 30.6 Å². The van der Waals surface area contributed by atoms with Gasteiger partial charge in [-0.25, -0.2) is 28.7 Å². The van der Waals surface area contributed by atoms with Crippen molar-refractivity contribution < 1.29 is 23.0 Å². The smallest absolute Gasteiger partial charge is 0.328 e. The summed E-state index contributed by atoms with van der Waals surface area (Å²) in [7, 11) is -0.486. The van der Waals surface area contributed by atoms with Gasteiger partial charge in [-0.1, -0.05) is 0 Å². The first-order valence-corrected chi connectivity index (χ1v) is 11.3. The molecule has 12 heteroatoms. The SMILES string of the molecule is CCNC(=O)Nc1nc2c([C@H]3CCCO3)c(F)c(-c3cnc(C(C)(C)OP=O)nc3)cc2[nH]1. The van der Waals surface area contributed by atoms with E-state index >= 15 is 4.39 Å². The molecule has 1 atom stereocenters. The summed E-state index contributed by atoms with van der Waals surface area (Å²) in [6, 6.07) is 1.19. The Bertz CT molecular complexity index is 1180. The van der Waals surface area contributed by atoms with Crippen molar-refractivity contribution in [1.82, 2.24) is 25.3 Å². The van der Waals surface area contributed by atoms with Crippen LogP contribution in [0.25, 0.3) is 22.2 Å².